The molecule has 0 fully saturated rings. The van der Waals surface area contributed by atoms with E-state index in [4.69, 9.17) is 4.74 Å². The van der Waals surface area contributed by atoms with Crippen molar-refractivity contribution in [3.8, 4) is 5.75 Å². The minimum Gasteiger partial charge on any atom is -0.422 e. The van der Waals surface area contributed by atoms with Crippen LogP contribution in [-0.2, 0) is 11.8 Å². The second-order valence-electron chi connectivity index (χ2n) is 5.00. The van der Waals surface area contributed by atoms with Gasteiger partial charge in [0.25, 0.3) is 0 Å². The fourth-order valence-corrected chi connectivity index (χ4v) is 1.93. The summed E-state index contributed by atoms with van der Waals surface area (Å²) in [4.78, 5) is 11.7. The summed E-state index contributed by atoms with van der Waals surface area (Å²) in [5, 5.41) is 4.21. The van der Waals surface area contributed by atoms with Crippen molar-refractivity contribution in [1.29, 1.82) is 0 Å². The van der Waals surface area contributed by atoms with Crippen LogP contribution in [0.25, 0.3) is 0 Å². The molecule has 1 rings (SSSR count). The summed E-state index contributed by atoms with van der Waals surface area (Å²) in [5.74, 6) is 0.730. The van der Waals surface area contributed by atoms with E-state index in [1.165, 1.54) is 0 Å². The maximum absolute atomic E-state index is 11.7. The van der Waals surface area contributed by atoms with Crippen molar-refractivity contribution in [3.05, 3.63) is 11.4 Å². The van der Waals surface area contributed by atoms with E-state index < -0.39 is 0 Å². The number of hydrogen-bond donors (Lipinski definition) is 0. The van der Waals surface area contributed by atoms with Gasteiger partial charge in [0.1, 0.15) is 5.69 Å². The third-order valence-electron chi connectivity index (χ3n) is 2.28. The summed E-state index contributed by atoms with van der Waals surface area (Å²) in [5.41, 5.74) is 1.62. The first kappa shape index (κ1) is 14.1. The number of carbonyl (C=O) groups is 1. The van der Waals surface area contributed by atoms with Crippen LogP contribution in [0, 0.1) is 13.8 Å². The molecule has 5 heteroatoms. The molecule has 0 spiro atoms. The van der Waals surface area contributed by atoms with E-state index in [0.29, 0.717) is 11.5 Å². The zero-order chi connectivity index (χ0) is 13.2. The number of rotatable bonds is 3. The number of thioether (sulfide) groups is 1. The van der Waals surface area contributed by atoms with Gasteiger partial charge in [-0.2, -0.15) is 5.10 Å². The van der Waals surface area contributed by atoms with Gasteiger partial charge in [-0.3, -0.25) is 9.48 Å². The Balaban J connectivity index is 2.63. The SMILES string of the molecule is Cc1nn(C)c(C)c1OC(=O)CSC(C)(C)C. The molecule has 0 amide bonds. The van der Waals surface area contributed by atoms with Crippen molar-refractivity contribution < 1.29 is 9.53 Å². The predicted octanol–water partition coefficient (Wildman–Crippen LogP) is 2.47. The van der Waals surface area contributed by atoms with Gasteiger partial charge in [0.05, 0.1) is 11.4 Å². The van der Waals surface area contributed by atoms with Gasteiger partial charge < -0.3 is 4.74 Å². The molecule has 0 atom stereocenters. The molecule has 0 aliphatic heterocycles. The Morgan fingerprint density at radius 2 is 2.00 bits per heavy atom. The number of esters is 1. The second kappa shape index (κ2) is 5.12. The molecule has 4 nitrogen and oxygen atoms in total. The molecule has 0 saturated carbocycles. The lowest BCUT2D eigenvalue weighted by atomic mass is 10.3. The molecule has 0 saturated heterocycles. The van der Waals surface area contributed by atoms with Crippen LogP contribution >= 0.6 is 11.8 Å². The van der Waals surface area contributed by atoms with E-state index in [1.807, 2.05) is 20.9 Å². The maximum atomic E-state index is 11.7. The van der Waals surface area contributed by atoms with Crippen molar-refractivity contribution in [1.82, 2.24) is 9.78 Å². The second-order valence-corrected chi connectivity index (χ2v) is 6.80. The van der Waals surface area contributed by atoms with Gasteiger partial charge in [-0.25, -0.2) is 0 Å². The van der Waals surface area contributed by atoms with Crippen molar-refractivity contribution in [3.63, 3.8) is 0 Å². The van der Waals surface area contributed by atoms with Gasteiger partial charge in [0.15, 0.2) is 5.75 Å². The molecule has 0 aliphatic carbocycles. The minimum absolute atomic E-state index is 0.0675. The van der Waals surface area contributed by atoms with E-state index in [2.05, 4.69) is 25.9 Å². The highest BCUT2D eigenvalue weighted by Crippen LogP contribution is 2.25. The van der Waals surface area contributed by atoms with Gasteiger partial charge in [-0.15, -0.1) is 11.8 Å². The summed E-state index contributed by atoms with van der Waals surface area (Å²) in [6.45, 7) is 9.95. The Bertz CT molecular complexity index is 419. The first-order chi connectivity index (χ1) is 7.70. The van der Waals surface area contributed by atoms with Gasteiger partial charge >= 0.3 is 5.97 Å². The van der Waals surface area contributed by atoms with Crippen molar-refractivity contribution in [2.75, 3.05) is 5.75 Å². The molecule has 17 heavy (non-hydrogen) atoms. The highest BCUT2D eigenvalue weighted by atomic mass is 32.2. The molecule has 0 unspecified atom stereocenters. The van der Waals surface area contributed by atoms with Crippen LogP contribution in [0.3, 0.4) is 0 Å². The fraction of sp³-hybridized carbons (Fsp3) is 0.667. The number of nitrogens with zero attached hydrogens (tertiary/aromatic N) is 2. The summed E-state index contributed by atoms with van der Waals surface area (Å²) in [6.07, 6.45) is 0. The maximum Gasteiger partial charge on any atom is 0.321 e. The van der Waals surface area contributed by atoms with E-state index in [0.717, 1.165) is 11.4 Å². The molecule has 0 radical (unpaired) electrons. The van der Waals surface area contributed by atoms with E-state index in [1.54, 1.807) is 16.4 Å². The quantitative estimate of drug-likeness (QED) is 0.779. The Morgan fingerprint density at radius 1 is 1.41 bits per heavy atom. The normalized spacial score (nSPS) is 11.6. The summed E-state index contributed by atoms with van der Waals surface area (Å²) >= 11 is 1.58. The van der Waals surface area contributed by atoms with Crippen molar-refractivity contribution in [2.45, 2.75) is 39.4 Å². The number of aryl methyl sites for hydroxylation is 2. The van der Waals surface area contributed by atoms with Crippen molar-refractivity contribution in [2.24, 2.45) is 7.05 Å². The number of carbonyl (C=O) groups excluding carboxylic acids is 1. The number of aromatic nitrogens is 2. The first-order valence-corrected chi connectivity index (χ1v) is 6.54. The zero-order valence-corrected chi connectivity index (χ0v) is 12.1. The van der Waals surface area contributed by atoms with Crippen molar-refractivity contribution >= 4 is 17.7 Å². The molecule has 1 heterocycles. The molecule has 96 valence electrons. The van der Waals surface area contributed by atoms with Gasteiger partial charge in [0, 0.05) is 11.8 Å². The topological polar surface area (TPSA) is 44.1 Å². The Hall–Kier alpha value is -0.970. The Kier molecular flexibility index (Phi) is 4.25. The lowest BCUT2D eigenvalue weighted by Crippen LogP contribution is -2.17. The molecule has 0 bridgehead atoms. The number of ether oxygens (including phenoxy) is 1. The van der Waals surface area contributed by atoms with Gasteiger partial charge in [0.2, 0.25) is 0 Å². The van der Waals surface area contributed by atoms with Crippen LogP contribution in [0.1, 0.15) is 32.2 Å². The summed E-state index contributed by atoms with van der Waals surface area (Å²) in [6, 6.07) is 0. The van der Waals surface area contributed by atoms with Crippen LogP contribution in [0.4, 0.5) is 0 Å². The monoisotopic (exact) mass is 256 g/mol. The van der Waals surface area contributed by atoms with Crippen LogP contribution in [0.15, 0.2) is 0 Å². The predicted molar refractivity (Wildman–Crippen MR) is 70.5 cm³/mol. The molecule has 0 aliphatic rings. The first-order valence-electron chi connectivity index (χ1n) is 5.55. The van der Waals surface area contributed by atoms with Gasteiger partial charge in [-0.05, 0) is 13.8 Å². The van der Waals surface area contributed by atoms with E-state index >= 15 is 0 Å². The van der Waals surface area contributed by atoms with Crippen LogP contribution in [-0.4, -0.2) is 26.2 Å². The van der Waals surface area contributed by atoms with Crippen LogP contribution in [0.5, 0.6) is 5.75 Å². The average Bonchev–Trinajstić information content (AvgIpc) is 2.41. The van der Waals surface area contributed by atoms with Crippen LogP contribution < -0.4 is 4.74 Å². The largest absolute Gasteiger partial charge is 0.422 e. The highest BCUT2D eigenvalue weighted by Gasteiger charge is 2.18. The molecule has 1 aromatic rings. The lowest BCUT2D eigenvalue weighted by molar-refractivity contribution is -0.131. The molecule has 0 N–H and O–H groups in total. The molecule has 0 aromatic carbocycles. The fourth-order valence-electron chi connectivity index (χ4n) is 1.32. The van der Waals surface area contributed by atoms with E-state index in [-0.39, 0.29) is 10.7 Å². The summed E-state index contributed by atoms with van der Waals surface area (Å²) in [7, 11) is 1.84. The zero-order valence-electron chi connectivity index (χ0n) is 11.3. The third-order valence-corrected chi connectivity index (χ3v) is 3.53. The Morgan fingerprint density at radius 3 is 2.41 bits per heavy atom. The third kappa shape index (κ3) is 4.07. The lowest BCUT2D eigenvalue weighted by Gasteiger charge is -2.16. The average molecular weight is 256 g/mol. The molecular weight excluding hydrogens is 236 g/mol. The minimum atomic E-state index is -0.218. The van der Waals surface area contributed by atoms with E-state index in [9.17, 15) is 4.79 Å². The molecule has 1 aromatic heterocycles. The van der Waals surface area contributed by atoms with Gasteiger partial charge in [-0.1, -0.05) is 20.8 Å². The van der Waals surface area contributed by atoms with Crippen LogP contribution in [0.2, 0.25) is 0 Å². The standard InChI is InChI=1S/C12H20N2O2S/c1-8-11(9(2)14(6)13-8)16-10(15)7-17-12(3,4)5/h7H2,1-6H3. The number of hydrogen-bond acceptors (Lipinski definition) is 4. The molecular formula is C12H20N2O2S. The highest BCUT2D eigenvalue weighted by molar-refractivity contribution is 8.01. The smallest absolute Gasteiger partial charge is 0.321 e. The Labute approximate surface area is 107 Å². The summed E-state index contributed by atoms with van der Waals surface area (Å²) < 4.78 is 7.13.